The summed E-state index contributed by atoms with van der Waals surface area (Å²) in [4.78, 5) is 27.4. The van der Waals surface area contributed by atoms with Gasteiger partial charge in [-0.25, -0.2) is 4.39 Å². The predicted molar refractivity (Wildman–Crippen MR) is 135 cm³/mol. The van der Waals surface area contributed by atoms with E-state index < -0.39 is 11.5 Å². The molecule has 190 valence electrons. The molecule has 0 bridgehead atoms. The smallest absolute Gasteiger partial charge is 0.287 e. The Kier molecular flexibility index (Phi) is 7.20. The largest absolute Gasteiger partial charge is 0.486 e. The minimum Gasteiger partial charge on any atom is -0.486 e. The third-order valence-corrected chi connectivity index (χ3v) is 6.10. The molecule has 3 aromatic rings. The number of carbonyl (C=O) groups is 2. The normalized spacial score (nSPS) is 15.5. The Morgan fingerprint density at radius 1 is 1.14 bits per heavy atom. The molecule has 1 atom stereocenters. The molecule has 0 fully saturated rings. The topological polar surface area (TPSA) is 71.8 Å². The molecule has 2 aromatic carbocycles. The fraction of sp³-hybridized carbons (Fsp3) is 0.379. The second-order valence-electron chi connectivity index (χ2n) is 10.5. The van der Waals surface area contributed by atoms with Gasteiger partial charge < -0.3 is 19.4 Å². The van der Waals surface area contributed by atoms with Gasteiger partial charge in [0, 0.05) is 18.0 Å². The number of rotatable bonds is 6. The molecular formula is C29H33FN2O4. The Hall–Kier alpha value is -3.61. The van der Waals surface area contributed by atoms with E-state index in [0.717, 1.165) is 16.7 Å². The van der Waals surface area contributed by atoms with Crippen molar-refractivity contribution in [2.75, 3.05) is 6.54 Å². The van der Waals surface area contributed by atoms with Gasteiger partial charge in [-0.2, -0.15) is 0 Å². The number of carbonyl (C=O) groups excluding carboxylic acids is 2. The highest BCUT2D eigenvalue weighted by Gasteiger charge is 2.37. The van der Waals surface area contributed by atoms with Crippen LogP contribution < -0.4 is 10.1 Å². The van der Waals surface area contributed by atoms with Crippen molar-refractivity contribution >= 4 is 11.8 Å². The lowest BCUT2D eigenvalue weighted by Gasteiger charge is -2.41. The second kappa shape index (κ2) is 10.2. The van der Waals surface area contributed by atoms with E-state index in [1.54, 1.807) is 18.2 Å². The molecule has 0 saturated carbocycles. The third kappa shape index (κ3) is 5.61. The van der Waals surface area contributed by atoms with Crippen LogP contribution in [0.1, 0.15) is 73.7 Å². The van der Waals surface area contributed by atoms with Gasteiger partial charge in [-0.3, -0.25) is 9.59 Å². The minimum absolute atomic E-state index is 0.00793. The molecule has 1 N–H and O–H groups in total. The summed E-state index contributed by atoms with van der Waals surface area (Å²) in [5, 5.41) is 2.80. The third-order valence-electron chi connectivity index (χ3n) is 6.10. The summed E-state index contributed by atoms with van der Waals surface area (Å²) in [7, 11) is 0. The van der Waals surface area contributed by atoms with Crippen LogP contribution in [-0.2, 0) is 17.8 Å². The summed E-state index contributed by atoms with van der Waals surface area (Å²) in [5.41, 5.74) is 2.16. The Balaban J connectivity index is 1.61. The molecule has 0 saturated heterocycles. The first kappa shape index (κ1) is 25.5. The van der Waals surface area contributed by atoms with Gasteiger partial charge >= 0.3 is 0 Å². The molecule has 7 heteroatoms. The van der Waals surface area contributed by atoms with Gasteiger partial charge in [0.2, 0.25) is 5.91 Å². The summed E-state index contributed by atoms with van der Waals surface area (Å²) < 4.78 is 25.8. The number of fused-ring (bicyclic) bond motifs is 1. The molecule has 1 aromatic heterocycles. The maximum Gasteiger partial charge on any atom is 0.287 e. The minimum atomic E-state index is -0.573. The van der Waals surface area contributed by atoms with Crippen molar-refractivity contribution in [1.29, 1.82) is 0 Å². The number of halogens is 1. The molecule has 0 spiro atoms. The molecule has 36 heavy (non-hydrogen) atoms. The molecule has 4 rings (SSSR count). The molecule has 6 nitrogen and oxygen atoms in total. The number of benzene rings is 2. The zero-order chi connectivity index (χ0) is 26.0. The van der Waals surface area contributed by atoms with Crippen molar-refractivity contribution in [3.05, 3.63) is 88.6 Å². The first-order valence-corrected chi connectivity index (χ1v) is 12.2. The lowest BCUT2D eigenvalue weighted by atomic mass is 9.85. The zero-order valence-electron chi connectivity index (χ0n) is 21.4. The van der Waals surface area contributed by atoms with Gasteiger partial charge in [0.15, 0.2) is 5.76 Å². The average Bonchev–Trinajstić information content (AvgIpc) is 3.29. The highest BCUT2D eigenvalue weighted by molar-refractivity contribution is 5.91. The molecular weight excluding hydrogens is 459 g/mol. The summed E-state index contributed by atoms with van der Waals surface area (Å²) in [6.07, 6.45) is 0.704. The zero-order valence-corrected chi connectivity index (χ0v) is 21.4. The number of furan rings is 1. The second-order valence-corrected chi connectivity index (χ2v) is 10.5. The molecule has 2 amide bonds. The van der Waals surface area contributed by atoms with Crippen LogP contribution in [0.2, 0.25) is 0 Å². The fourth-order valence-corrected chi connectivity index (χ4v) is 4.43. The average molecular weight is 493 g/mol. The standard InChI is InChI=1S/C29H33FN2O4/c1-18(2)31-27(33)25-12-11-23(36-25)17-35-22-10-9-19-13-14-32(28(34)29(3,4)5)26(24(19)16-22)20-7-6-8-21(30)15-20/h6-12,15-16,18,26H,13-14,17H2,1-5H3,(H,31,33). The Morgan fingerprint density at radius 3 is 2.61 bits per heavy atom. The van der Waals surface area contributed by atoms with Crippen LogP contribution in [0.3, 0.4) is 0 Å². The van der Waals surface area contributed by atoms with Crippen LogP contribution in [0.5, 0.6) is 5.75 Å². The number of amides is 2. The van der Waals surface area contributed by atoms with Crippen molar-refractivity contribution in [1.82, 2.24) is 10.2 Å². The van der Waals surface area contributed by atoms with Crippen molar-refractivity contribution in [3.8, 4) is 5.75 Å². The molecule has 1 aliphatic heterocycles. The molecule has 1 aliphatic rings. The van der Waals surface area contributed by atoms with Gasteiger partial charge in [-0.1, -0.05) is 39.0 Å². The lowest BCUT2D eigenvalue weighted by Crippen LogP contribution is -2.45. The highest BCUT2D eigenvalue weighted by Crippen LogP contribution is 2.39. The first-order chi connectivity index (χ1) is 17.0. The molecule has 0 aliphatic carbocycles. The van der Waals surface area contributed by atoms with E-state index in [0.29, 0.717) is 24.5 Å². The predicted octanol–water partition coefficient (Wildman–Crippen LogP) is 5.66. The Morgan fingerprint density at radius 2 is 1.92 bits per heavy atom. The van der Waals surface area contributed by atoms with Gasteiger partial charge in [-0.15, -0.1) is 0 Å². The van der Waals surface area contributed by atoms with Crippen molar-refractivity contribution in [2.45, 2.75) is 59.7 Å². The number of nitrogens with one attached hydrogen (secondary N) is 1. The van der Waals surface area contributed by atoms with Gasteiger partial charge in [0.25, 0.3) is 5.91 Å². The van der Waals surface area contributed by atoms with Crippen LogP contribution in [-0.4, -0.2) is 29.3 Å². The van der Waals surface area contributed by atoms with Crippen molar-refractivity contribution in [3.63, 3.8) is 0 Å². The lowest BCUT2D eigenvalue weighted by molar-refractivity contribution is -0.141. The van der Waals surface area contributed by atoms with E-state index in [9.17, 15) is 14.0 Å². The SMILES string of the molecule is CC(C)NC(=O)c1ccc(COc2ccc3c(c2)C(c2cccc(F)c2)N(C(=O)C(C)(C)C)CC3)o1. The van der Waals surface area contributed by atoms with Gasteiger partial charge in [0.05, 0.1) is 6.04 Å². The number of nitrogens with zero attached hydrogens (tertiary/aromatic N) is 1. The molecule has 2 heterocycles. The van der Waals surface area contributed by atoms with Gasteiger partial charge in [0.1, 0.15) is 23.9 Å². The monoisotopic (exact) mass is 492 g/mol. The van der Waals surface area contributed by atoms with Crippen LogP contribution in [0.15, 0.2) is 59.0 Å². The summed E-state index contributed by atoms with van der Waals surface area (Å²) >= 11 is 0. The fourth-order valence-electron chi connectivity index (χ4n) is 4.43. The van der Waals surface area contributed by atoms with Crippen LogP contribution in [0, 0.1) is 11.2 Å². The van der Waals surface area contributed by atoms with E-state index in [1.165, 1.54) is 12.1 Å². The maximum absolute atomic E-state index is 14.2. The quantitative estimate of drug-likeness (QED) is 0.482. The highest BCUT2D eigenvalue weighted by atomic mass is 19.1. The van der Waals surface area contributed by atoms with Gasteiger partial charge in [-0.05, 0) is 73.4 Å². The molecule has 1 unspecified atom stereocenters. The van der Waals surface area contributed by atoms with Crippen molar-refractivity contribution in [2.24, 2.45) is 5.41 Å². The Bertz CT molecular complexity index is 1260. The maximum atomic E-state index is 14.2. The van der Waals surface area contributed by atoms with E-state index in [4.69, 9.17) is 9.15 Å². The van der Waals surface area contributed by atoms with Crippen LogP contribution in [0.25, 0.3) is 0 Å². The van der Waals surface area contributed by atoms with Crippen molar-refractivity contribution < 1.29 is 23.1 Å². The van der Waals surface area contributed by atoms with E-state index in [2.05, 4.69) is 5.32 Å². The first-order valence-electron chi connectivity index (χ1n) is 12.2. The number of hydrogen-bond acceptors (Lipinski definition) is 4. The number of hydrogen-bond donors (Lipinski definition) is 1. The van der Waals surface area contributed by atoms with Crippen LogP contribution >= 0.6 is 0 Å². The van der Waals surface area contributed by atoms with E-state index in [1.807, 2.05) is 63.8 Å². The summed E-state index contributed by atoms with van der Waals surface area (Å²) in [6, 6.07) is 15.1. The van der Waals surface area contributed by atoms with E-state index in [-0.39, 0.29) is 36.0 Å². The summed E-state index contributed by atoms with van der Waals surface area (Å²) in [5.74, 6) is 0.751. The summed E-state index contributed by atoms with van der Waals surface area (Å²) in [6.45, 7) is 10.1. The number of ether oxygens (including phenoxy) is 1. The Labute approximate surface area is 211 Å². The van der Waals surface area contributed by atoms with Crippen LogP contribution in [0.4, 0.5) is 4.39 Å². The van der Waals surface area contributed by atoms with E-state index >= 15 is 0 Å². The molecule has 0 radical (unpaired) electrons.